The summed E-state index contributed by atoms with van der Waals surface area (Å²) in [5.74, 6) is 1.50. The standard InChI is InChI=1S/C23H31N5O2.HI/c1-3-5-13-30-22-17(9-8-12-25-22)15-26-23(24-4-2)27-16-18-14-21(29)28-20-11-7-6-10-19(18)20;/h6-12,18H,3-5,13-16H2,1-2H3,(H,28,29)(H2,24,26,27);1H. The van der Waals surface area contributed by atoms with Crippen LogP contribution in [0, 0.1) is 0 Å². The monoisotopic (exact) mass is 537 g/mol. The molecule has 1 amide bonds. The number of amides is 1. The topological polar surface area (TPSA) is 87.6 Å². The van der Waals surface area contributed by atoms with Gasteiger partial charge in [0.05, 0.1) is 13.2 Å². The van der Waals surface area contributed by atoms with Crippen LogP contribution in [0.3, 0.4) is 0 Å². The summed E-state index contributed by atoms with van der Waals surface area (Å²) in [4.78, 5) is 21.1. The van der Waals surface area contributed by atoms with Gasteiger partial charge in [-0.2, -0.15) is 0 Å². The van der Waals surface area contributed by atoms with E-state index in [1.54, 1.807) is 6.20 Å². The van der Waals surface area contributed by atoms with Crippen molar-refractivity contribution >= 4 is 41.5 Å². The number of fused-ring (bicyclic) bond motifs is 1. The number of hydrogen-bond donors (Lipinski definition) is 3. The number of hydrogen-bond acceptors (Lipinski definition) is 4. The van der Waals surface area contributed by atoms with Gasteiger partial charge in [0, 0.05) is 42.9 Å². The van der Waals surface area contributed by atoms with Gasteiger partial charge in [0.2, 0.25) is 11.8 Å². The van der Waals surface area contributed by atoms with Crippen LogP contribution in [0.4, 0.5) is 5.69 Å². The Morgan fingerprint density at radius 1 is 1.23 bits per heavy atom. The van der Waals surface area contributed by atoms with Gasteiger partial charge in [0.15, 0.2) is 5.96 Å². The molecule has 3 rings (SSSR count). The smallest absolute Gasteiger partial charge is 0.225 e. The normalized spacial score (nSPS) is 15.4. The van der Waals surface area contributed by atoms with Crippen molar-refractivity contribution < 1.29 is 9.53 Å². The molecular formula is C23H32IN5O2. The number of anilines is 1. The van der Waals surface area contributed by atoms with Crippen molar-refractivity contribution in [3.05, 3.63) is 53.7 Å². The summed E-state index contributed by atoms with van der Waals surface area (Å²) in [7, 11) is 0. The van der Waals surface area contributed by atoms with Gasteiger partial charge in [0.25, 0.3) is 0 Å². The van der Waals surface area contributed by atoms with Gasteiger partial charge in [-0.25, -0.2) is 9.98 Å². The van der Waals surface area contributed by atoms with Gasteiger partial charge in [0.1, 0.15) is 0 Å². The van der Waals surface area contributed by atoms with Gasteiger partial charge in [-0.1, -0.05) is 37.6 Å². The predicted molar refractivity (Wildman–Crippen MR) is 135 cm³/mol. The lowest BCUT2D eigenvalue weighted by Crippen LogP contribution is -2.40. The first kappa shape index (κ1) is 24.9. The lowest BCUT2D eigenvalue weighted by Gasteiger charge is -2.26. The van der Waals surface area contributed by atoms with Crippen LogP contribution >= 0.6 is 24.0 Å². The number of benzene rings is 1. The van der Waals surface area contributed by atoms with E-state index >= 15 is 0 Å². The van der Waals surface area contributed by atoms with E-state index in [2.05, 4.69) is 33.9 Å². The molecule has 0 bridgehead atoms. The summed E-state index contributed by atoms with van der Waals surface area (Å²) in [5, 5.41) is 9.61. The van der Waals surface area contributed by atoms with E-state index in [9.17, 15) is 4.79 Å². The van der Waals surface area contributed by atoms with E-state index < -0.39 is 0 Å². The zero-order chi connectivity index (χ0) is 21.2. The highest BCUT2D eigenvalue weighted by atomic mass is 127. The second kappa shape index (κ2) is 13.1. The highest BCUT2D eigenvalue weighted by Gasteiger charge is 2.24. The summed E-state index contributed by atoms with van der Waals surface area (Å²) in [5.41, 5.74) is 3.00. The van der Waals surface area contributed by atoms with Gasteiger partial charge in [-0.05, 0) is 31.0 Å². The number of unbranched alkanes of at least 4 members (excludes halogenated alkanes) is 1. The summed E-state index contributed by atoms with van der Waals surface area (Å²) in [6, 6.07) is 11.8. The fourth-order valence-corrected chi connectivity index (χ4v) is 3.40. The molecule has 2 aromatic rings. The van der Waals surface area contributed by atoms with E-state index in [-0.39, 0.29) is 35.8 Å². The molecule has 0 radical (unpaired) electrons. The van der Waals surface area contributed by atoms with Crippen LogP contribution in [0.1, 0.15) is 50.2 Å². The van der Waals surface area contributed by atoms with Crippen LogP contribution < -0.4 is 20.7 Å². The molecule has 31 heavy (non-hydrogen) atoms. The van der Waals surface area contributed by atoms with Gasteiger partial charge >= 0.3 is 0 Å². The third kappa shape index (κ3) is 7.37. The van der Waals surface area contributed by atoms with Crippen LogP contribution in [-0.2, 0) is 11.3 Å². The molecule has 8 heteroatoms. The number of ether oxygens (including phenoxy) is 1. The summed E-state index contributed by atoms with van der Waals surface area (Å²) in [6.45, 7) is 6.67. The Bertz CT molecular complexity index is 875. The Kier molecular flexibility index (Phi) is 10.6. The molecule has 1 aromatic heterocycles. The number of pyridine rings is 1. The quantitative estimate of drug-likeness (QED) is 0.195. The van der Waals surface area contributed by atoms with Crippen LogP contribution in [0.2, 0.25) is 0 Å². The average Bonchev–Trinajstić information content (AvgIpc) is 2.76. The summed E-state index contributed by atoms with van der Waals surface area (Å²) >= 11 is 0. The fourth-order valence-electron chi connectivity index (χ4n) is 3.40. The third-order valence-corrected chi connectivity index (χ3v) is 4.96. The number of aliphatic imine (C=N–C) groups is 1. The lowest BCUT2D eigenvalue weighted by atomic mass is 9.90. The Morgan fingerprint density at radius 3 is 2.87 bits per heavy atom. The minimum atomic E-state index is 0. The molecule has 168 valence electrons. The van der Waals surface area contributed by atoms with Crippen molar-refractivity contribution in [3.63, 3.8) is 0 Å². The maximum absolute atomic E-state index is 12.1. The molecule has 1 unspecified atom stereocenters. The summed E-state index contributed by atoms with van der Waals surface area (Å²) < 4.78 is 5.81. The SMILES string of the molecule is CCCCOc1ncccc1CN=C(NCC)NCC1CC(=O)Nc2ccccc21.I. The molecule has 3 N–H and O–H groups in total. The number of aromatic nitrogens is 1. The second-order valence-electron chi connectivity index (χ2n) is 7.28. The number of halogens is 1. The first-order valence-corrected chi connectivity index (χ1v) is 10.7. The number of guanidine groups is 1. The largest absolute Gasteiger partial charge is 0.477 e. The summed E-state index contributed by atoms with van der Waals surface area (Å²) in [6.07, 6.45) is 4.28. The van der Waals surface area contributed by atoms with E-state index in [0.717, 1.165) is 36.2 Å². The van der Waals surface area contributed by atoms with Crippen LogP contribution in [0.15, 0.2) is 47.6 Å². The molecule has 0 saturated carbocycles. The van der Waals surface area contributed by atoms with Crippen molar-refractivity contribution in [2.45, 2.75) is 45.6 Å². The van der Waals surface area contributed by atoms with Crippen LogP contribution in [-0.4, -0.2) is 36.5 Å². The maximum Gasteiger partial charge on any atom is 0.225 e. The Labute approximate surface area is 201 Å². The zero-order valence-corrected chi connectivity index (χ0v) is 20.5. The van der Waals surface area contributed by atoms with Crippen molar-refractivity contribution in [2.24, 2.45) is 4.99 Å². The molecule has 7 nitrogen and oxygen atoms in total. The second-order valence-corrected chi connectivity index (χ2v) is 7.28. The minimum Gasteiger partial charge on any atom is -0.477 e. The predicted octanol–water partition coefficient (Wildman–Crippen LogP) is 4.06. The number of carbonyl (C=O) groups is 1. The van der Waals surface area contributed by atoms with E-state index in [4.69, 9.17) is 9.73 Å². The van der Waals surface area contributed by atoms with E-state index in [1.807, 2.05) is 37.3 Å². The molecule has 1 aliphatic rings. The highest BCUT2D eigenvalue weighted by molar-refractivity contribution is 14.0. The first-order chi connectivity index (χ1) is 14.7. The number of rotatable bonds is 9. The van der Waals surface area contributed by atoms with Gasteiger partial charge < -0.3 is 20.7 Å². The molecule has 1 atom stereocenters. The van der Waals surface area contributed by atoms with Crippen LogP contribution in [0.5, 0.6) is 5.88 Å². The number of para-hydroxylation sites is 1. The maximum atomic E-state index is 12.1. The molecule has 2 heterocycles. The molecule has 0 aliphatic carbocycles. The molecule has 0 fully saturated rings. The van der Waals surface area contributed by atoms with Gasteiger partial charge in [-0.15, -0.1) is 24.0 Å². The fraction of sp³-hybridized carbons (Fsp3) is 0.435. The number of carbonyl (C=O) groups excluding carboxylic acids is 1. The average molecular weight is 537 g/mol. The van der Waals surface area contributed by atoms with Crippen molar-refractivity contribution in [1.29, 1.82) is 0 Å². The Balaban J connectivity index is 0.00000341. The van der Waals surface area contributed by atoms with Crippen molar-refractivity contribution in [2.75, 3.05) is 25.0 Å². The zero-order valence-electron chi connectivity index (χ0n) is 18.2. The van der Waals surface area contributed by atoms with E-state index in [0.29, 0.717) is 38.0 Å². The number of nitrogens with one attached hydrogen (secondary N) is 3. The third-order valence-electron chi connectivity index (χ3n) is 4.96. The number of nitrogens with zero attached hydrogens (tertiary/aromatic N) is 2. The van der Waals surface area contributed by atoms with Crippen molar-refractivity contribution in [1.82, 2.24) is 15.6 Å². The Morgan fingerprint density at radius 2 is 2.06 bits per heavy atom. The lowest BCUT2D eigenvalue weighted by molar-refractivity contribution is -0.116. The molecule has 1 aromatic carbocycles. The first-order valence-electron chi connectivity index (χ1n) is 10.7. The minimum absolute atomic E-state index is 0. The molecular weight excluding hydrogens is 505 g/mol. The molecule has 0 spiro atoms. The van der Waals surface area contributed by atoms with Crippen molar-refractivity contribution in [3.8, 4) is 5.88 Å². The molecule has 1 aliphatic heterocycles. The molecule has 0 saturated heterocycles. The van der Waals surface area contributed by atoms with Gasteiger partial charge in [-0.3, -0.25) is 4.79 Å². The Hall–Kier alpha value is -2.36. The van der Waals surface area contributed by atoms with Crippen LogP contribution in [0.25, 0.3) is 0 Å². The van der Waals surface area contributed by atoms with E-state index in [1.165, 1.54) is 0 Å². The highest BCUT2D eigenvalue weighted by Crippen LogP contribution is 2.31.